The monoisotopic (exact) mass is 469 g/mol. The van der Waals surface area contributed by atoms with E-state index in [9.17, 15) is 19.5 Å². The van der Waals surface area contributed by atoms with E-state index in [-0.39, 0.29) is 35.4 Å². The number of amides is 2. The Balaban J connectivity index is 1.75. The number of hydrogen-bond acceptors (Lipinski definition) is 4. The topological polar surface area (TPSA) is 99.6 Å². The van der Waals surface area contributed by atoms with E-state index < -0.39 is 12.0 Å². The molecular formula is C23H17Cl2N3O4. The van der Waals surface area contributed by atoms with Crippen LogP contribution in [-0.4, -0.2) is 38.8 Å². The number of benzene rings is 2. The van der Waals surface area contributed by atoms with Gasteiger partial charge in [-0.15, -0.1) is 0 Å². The van der Waals surface area contributed by atoms with Gasteiger partial charge in [0.1, 0.15) is 6.04 Å². The minimum atomic E-state index is -1.15. The first kappa shape index (κ1) is 21.8. The fourth-order valence-corrected chi connectivity index (χ4v) is 4.05. The van der Waals surface area contributed by atoms with Crippen LogP contribution in [0.25, 0.3) is 0 Å². The maximum Gasteiger partial charge on any atom is 0.337 e. The summed E-state index contributed by atoms with van der Waals surface area (Å²) >= 11 is 12.2. The minimum Gasteiger partial charge on any atom is -0.478 e. The highest BCUT2D eigenvalue weighted by Gasteiger charge is 2.36. The van der Waals surface area contributed by atoms with Gasteiger partial charge in [0.05, 0.1) is 21.8 Å². The van der Waals surface area contributed by atoms with Crippen LogP contribution in [-0.2, 0) is 17.8 Å². The molecule has 1 aromatic heterocycles. The number of nitrogens with zero attached hydrogens (tertiary/aromatic N) is 2. The van der Waals surface area contributed by atoms with Crippen LogP contribution in [0.1, 0.15) is 32.0 Å². The minimum absolute atomic E-state index is 0.0413. The Bertz CT molecular complexity index is 1220. The highest BCUT2D eigenvalue weighted by molar-refractivity contribution is 6.33. The van der Waals surface area contributed by atoms with Crippen molar-refractivity contribution >= 4 is 46.7 Å². The van der Waals surface area contributed by atoms with E-state index in [0.717, 1.165) is 0 Å². The quantitative estimate of drug-likeness (QED) is 0.580. The fraction of sp³-hybridized carbons (Fsp3) is 0.130. The van der Waals surface area contributed by atoms with Gasteiger partial charge in [0.2, 0.25) is 5.91 Å². The van der Waals surface area contributed by atoms with E-state index in [4.69, 9.17) is 23.2 Å². The molecule has 0 saturated heterocycles. The van der Waals surface area contributed by atoms with Gasteiger partial charge in [-0.05, 0) is 48.0 Å². The molecule has 0 aliphatic carbocycles. The second kappa shape index (κ2) is 8.98. The summed E-state index contributed by atoms with van der Waals surface area (Å²) in [5, 5.41) is 12.5. The number of carboxylic acids is 1. The third kappa shape index (κ3) is 4.44. The Morgan fingerprint density at radius 3 is 2.59 bits per heavy atom. The van der Waals surface area contributed by atoms with Crippen LogP contribution in [0.5, 0.6) is 0 Å². The van der Waals surface area contributed by atoms with Gasteiger partial charge in [0, 0.05) is 29.9 Å². The predicted molar refractivity (Wildman–Crippen MR) is 120 cm³/mol. The van der Waals surface area contributed by atoms with Crippen molar-refractivity contribution in [1.82, 2.24) is 9.88 Å². The van der Waals surface area contributed by atoms with Crippen LogP contribution in [0.2, 0.25) is 10.0 Å². The molecule has 0 saturated carbocycles. The largest absolute Gasteiger partial charge is 0.478 e. The molecule has 2 heterocycles. The third-order valence-corrected chi connectivity index (χ3v) is 5.70. The molecule has 3 aromatic rings. The Morgan fingerprint density at radius 2 is 1.91 bits per heavy atom. The van der Waals surface area contributed by atoms with Gasteiger partial charge in [-0.25, -0.2) is 4.79 Å². The van der Waals surface area contributed by atoms with Crippen molar-refractivity contribution in [3.63, 3.8) is 0 Å². The number of halogens is 2. The number of fused-ring (bicyclic) bond motifs is 1. The Kier molecular flexibility index (Phi) is 6.12. The van der Waals surface area contributed by atoms with Crippen molar-refractivity contribution in [2.45, 2.75) is 19.0 Å². The first-order chi connectivity index (χ1) is 15.3. The lowest BCUT2D eigenvalue weighted by atomic mass is 10.0. The van der Waals surface area contributed by atoms with Crippen molar-refractivity contribution in [3.8, 4) is 0 Å². The van der Waals surface area contributed by atoms with Crippen LogP contribution in [0.15, 0.2) is 60.8 Å². The van der Waals surface area contributed by atoms with E-state index in [0.29, 0.717) is 27.5 Å². The van der Waals surface area contributed by atoms with E-state index in [1.165, 1.54) is 23.1 Å². The second-order valence-corrected chi connectivity index (χ2v) is 8.12. The Hall–Kier alpha value is -3.42. The molecule has 162 valence electrons. The maximum absolute atomic E-state index is 13.5. The standard InChI is InChI=1S/C23H17Cl2N3O4/c24-14-5-7-17-19(10-14)27-21(29)20(11-15-3-1-2-8-26-15)28(22(17)30)12-13-4-6-16(23(31)32)18(25)9-13/h1-10,20H,11-12H2,(H,27,29)(H,31,32)/t20-/m1/s1. The smallest absolute Gasteiger partial charge is 0.337 e. The first-order valence-corrected chi connectivity index (χ1v) is 10.4. The van der Waals surface area contributed by atoms with E-state index >= 15 is 0 Å². The molecule has 1 aliphatic rings. The van der Waals surface area contributed by atoms with Crippen LogP contribution in [0.4, 0.5) is 5.69 Å². The molecular weight excluding hydrogens is 453 g/mol. The summed E-state index contributed by atoms with van der Waals surface area (Å²) in [6.45, 7) is 0.0471. The molecule has 0 radical (unpaired) electrons. The van der Waals surface area contributed by atoms with E-state index in [1.54, 1.807) is 36.5 Å². The molecule has 0 spiro atoms. The Labute approximate surface area is 193 Å². The van der Waals surface area contributed by atoms with Crippen LogP contribution in [0.3, 0.4) is 0 Å². The fourth-order valence-electron chi connectivity index (χ4n) is 3.59. The number of carboxylic acid groups (broad SMARTS) is 1. The van der Waals surface area contributed by atoms with Crippen molar-refractivity contribution in [3.05, 3.63) is 93.2 Å². The van der Waals surface area contributed by atoms with Gasteiger partial charge in [0.15, 0.2) is 0 Å². The summed E-state index contributed by atoms with van der Waals surface area (Å²) in [5.41, 5.74) is 1.83. The summed E-state index contributed by atoms with van der Waals surface area (Å²) < 4.78 is 0. The number of aromatic nitrogens is 1. The van der Waals surface area contributed by atoms with Crippen LogP contribution < -0.4 is 5.32 Å². The van der Waals surface area contributed by atoms with Crippen molar-refractivity contribution in [2.24, 2.45) is 0 Å². The zero-order valence-corrected chi connectivity index (χ0v) is 18.1. The number of anilines is 1. The average molecular weight is 470 g/mol. The van der Waals surface area contributed by atoms with Crippen LogP contribution >= 0.6 is 23.2 Å². The molecule has 2 N–H and O–H groups in total. The lowest BCUT2D eigenvalue weighted by Gasteiger charge is -2.29. The first-order valence-electron chi connectivity index (χ1n) is 9.66. The van der Waals surface area contributed by atoms with E-state index in [2.05, 4.69) is 10.3 Å². The average Bonchev–Trinajstić information content (AvgIpc) is 2.84. The molecule has 0 fully saturated rings. The van der Waals surface area contributed by atoms with Gasteiger partial charge in [-0.2, -0.15) is 0 Å². The lowest BCUT2D eigenvalue weighted by molar-refractivity contribution is -0.120. The molecule has 2 amide bonds. The SMILES string of the molecule is O=C(O)c1ccc(CN2C(=O)c3ccc(Cl)cc3NC(=O)[C@H]2Cc2ccccn2)cc1Cl. The lowest BCUT2D eigenvalue weighted by Crippen LogP contribution is -2.46. The highest BCUT2D eigenvalue weighted by atomic mass is 35.5. The second-order valence-electron chi connectivity index (χ2n) is 7.27. The normalized spacial score (nSPS) is 15.7. The molecule has 1 atom stereocenters. The zero-order valence-electron chi connectivity index (χ0n) is 16.6. The van der Waals surface area contributed by atoms with E-state index in [1.807, 2.05) is 6.07 Å². The molecule has 4 rings (SSSR count). The summed E-state index contributed by atoms with van der Waals surface area (Å²) in [5.74, 6) is -1.89. The summed E-state index contributed by atoms with van der Waals surface area (Å²) in [6.07, 6.45) is 1.82. The van der Waals surface area contributed by atoms with Crippen molar-refractivity contribution < 1.29 is 19.5 Å². The number of rotatable bonds is 5. The van der Waals surface area contributed by atoms with Crippen LogP contribution in [0, 0.1) is 0 Å². The predicted octanol–water partition coefficient (Wildman–Crippen LogP) is 4.29. The molecule has 0 unspecified atom stereocenters. The number of carbonyl (C=O) groups excluding carboxylic acids is 2. The molecule has 7 nitrogen and oxygen atoms in total. The van der Waals surface area contributed by atoms with Gasteiger partial charge in [-0.3, -0.25) is 14.6 Å². The molecule has 0 bridgehead atoms. The number of pyridine rings is 1. The molecule has 2 aromatic carbocycles. The number of aromatic carboxylic acids is 1. The number of nitrogens with one attached hydrogen (secondary N) is 1. The summed E-state index contributed by atoms with van der Waals surface area (Å²) in [4.78, 5) is 43.7. The van der Waals surface area contributed by atoms with Gasteiger partial charge in [-0.1, -0.05) is 35.3 Å². The summed E-state index contributed by atoms with van der Waals surface area (Å²) in [7, 11) is 0. The number of hydrogen-bond donors (Lipinski definition) is 2. The molecule has 9 heteroatoms. The summed E-state index contributed by atoms with van der Waals surface area (Å²) in [6, 6.07) is 13.6. The zero-order chi connectivity index (χ0) is 22.8. The highest BCUT2D eigenvalue weighted by Crippen LogP contribution is 2.29. The molecule has 1 aliphatic heterocycles. The van der Waals surface area contributed by atoms with Gasteiger partial charge in [0.25, 0.3) is 5.91 Å². The maximum atomic E-state index is 13.5. The molecule has 32 heavy (non-hydrogen) atoms. The Morgan fingerprint density at radius 1 is 1.09 bits per heavy atom. The van der Waals surface area contributed by atoms with Gasteiger partial charge >= 0.3 is 5.97 Å². The third-order valence-electron chi connectivity index (χ3n) is 5.16. The van der Waals surface area contributed by atoms with Crippen molar-refractivity contribution in [1.29, 1.82) is 0 Å². The van der Waals surface area contributed by atoms with Crippen molar-refractivity contribution in [2.75, 3.05) is 5.32 Å². The number of carbonyl (C=O) groups is 3. The van der Waals surface area contributed by atoms with Gasteiger partial charge < -0.3 is 15.3 Å².